The summed E-state index contributed by atoms with van der Waals surface area (Å²) in [5.74, 6) is 0.0801. The fourth-order valence-electron chi connectivity index (χ4n) is 4.69. The number of amides is 1. The van der Waals surface area contributed by atoms with Gasteiger partial charge >= 0.3 is 0 Å². The zero-order valence-electron chi connectivity index (χ0n) is 17.5. The van der Waals surface area contributed by atoms with Crippen molar-refractivity contribution in [2.24, 2.45) is 5.92 Å². The maximum absolute atomic E-state index is 13.9. The number of piperidine rings is 2. The smallest absolute Gasteiger partial charge is 0.224 e. The Kier molecular flexibility index (Phi) is 7.07. The van der Waals surface area contributed by atoms with Crippen molar-refractivity contribution < 1.29 is 9.18 Å². The van der Waals surface area contributed by atoms with Crippen LogP contribution >= 0.6 is 0 Å². The molecule has 0 spiro atoms. The monoisotopic (exact) mass is 410 g/mol. The lowest BCUT2D eigenvalue weighted by molar-refractivity contribution is -0.127. The summed E-state index contributed by atoms with van der Waals surface area (Å²) in [6, 6.07) is 13.3. The molecule has 2 aromatic rings. The van der Waals surface area contributed by atoms with Gasteiger partial charge in [-0.25, -0.2) is 4.39 Å². The summed E-state index contributed by atoms with van der Waals surface area (Å²) in [4.78, 5) is 21.8. The first-order chi connectivity index (χ1) is 14.7. The predicted octanol–water partition coefficient (Wildman–Crippen LogP) is 3.21. The van der Waals surface area contributed by atoms with Gasteiger partial charge in [-0.1, -0.05) is 24.3 Å². The molecule has 2 saturated heterocycles. The number of hydrogen-bond donors (Lipinski definition) is 1. The van der Waals surface area contributed by atoms with Crippen molar-refractivity contribution in [2.75, 3.05) is 26.2 Å². The summed E-state index contributed by atoms with van der Waals surface area (Å²) in [5, 5.41) is 3.06. The van der Waals surface area contributed by atoms with Gasteiger partial charge in [-0.3, -0.25) is 19.6 Å². The Hall–Kier alpha value is -2.31. The van der Waals surface area contributed by atoms with Crippen LogP contribution in [-0.4, -0.2) is 52.9 Å². The van der Waals surface area contributed by atoms with Crippen LogP contribution in [0.15, 0.2) is 48.7 Å². The lowest BCUT2D eigenvalue weighted by Gasteiger charge is -2.42. The van der Waals surface area contributed by atoms with Crippen LogP contribution in [0.5, 0.6) is 0 Å². The molecule has 0 bridgehead atoms. The Bertz CT molecular complexity index is 823. The molecular formula is C24H31FN4O. The molecule has 0 saturated carbocycles. The number of rotatable bonds is 6. The quantitative estimate of drug-likeness (QED) is 0.795. The maximum atomic E-state index is 13.9. The van der Waals surface area contributed by atoms with Crippen LogP contribution in [0.2, 0.25) is 0 Å². The second kappa shape index (κ2) is 10.1. The molecule has 1 atom stereocenters. The number of nitrogens with zero attached hydrogens (tertiary/aromatic N) is 3. The Balaban J connectivity index is 1.24. The largest absolute Gasteiger partial charge is 0.350 e. The summed E-state index contributed by atoms with van der Waals surface area (Å²) in [5.41, 5.74) is 1.67. The van der Waals surface area contributed by atoms with Crippen molar-refractivity contribution in [3.8, 4) is 0 Å². The summed E-state index contributed by atoms with van der Waals surface area (Å²) < 4.78 is 13.9. The van der Waals surface area contributed by atoms with Crippen molar-refractivity contribution in [1.29, 1.82) is 0 Å². The van der Waals surface area contributed by atoms with E-state index in [1.54, 1.807) is 12.3 Å². The van der Waals surface area contributed by atoms with E-state index in [1.807, 2.05) is 30.3 Å². The summed E-state index contributed by atoms with van der Waals surface area (Å²) >= 11 is 0. The number of pyridine rings is 1. The minimum absolute atomic E-state index is 0.0545. The number of carbonyl (C=O) groups is 1. The van der Waals surface area contributed by atoms with Crippen LogP contribution in [0.3, 0.4) is 0 Å². The van der Waals surface area contributed by atoms with Crippen LogP contribution in [0.25, 0.3) is 0 Å². The third-order valence-electron chi connectivity index (χ3n) is 6.42. The molecule has 1 aromatic heterocycles. The number of halogens is 1. The molecule has 0 unspecified atom stereocenters. The maximum Gasteiger partial charge on any atom is 0.224 e. The van der Waals surface area contributed by atoms with Crippen molar-refractivity contribution >= 4 is 5.91 Å². The molecule has 1 amide bonds. The van der Waals surface area contributed by atoms with Crippen LogP contribution in [0, 0.1) is 11.7 Å². The van der Waals surface area contributed by atoms with Gasteiger partial charge in [-0.05, 0) is 63.5 Å². The van der Waals surface area contributed by atoms with E-state index in [9.17, 15) is 9.18 Å². The Morgan fingerprint density at radius 3 is 2.63 bits per heavy atom. The zero-order chi connectivity index (χ0) is 20.8. The standard InChI is InChI=1S/C24H31FN4O/c25-23-9-2-1-6-19(23)17-28-14-10-22(11-15-28)29-13-5-7-20(18-29)24(30)27-16-21-8-3-4-12-26-21/h1-4,6,8-9,12,20,22H,5,7,10-11,13-18H2,(H,27,30)/t20-/m0/s1. The van der Waals surface area contributed by atoms with Gasteiger partial charge in [0, 0.05) is 30.9 Å². The molecule has 5 nitrogen and oxygen atoms in total. The van der Waals surface area contributed by atoms with Crippen LogP contribution < -0.4 is 5.32 Å². The van der Waals surface area contributed by atoms with Gasteiger partial charge in [0.25, 0.3) is 0 Å². The SMILES string of the molecule is O=C(NCc1ccccn1)[C@H]1CCCN(C2CCN(Cc3ccccc3F)CC2)C1. The lowest BCUT2D eigenvalue weighted by atomic mass is 9.93. The minimum Gasteiger partial charge on any atom is -0.350 e. The van der Waals surface area contributed by atoms with Gasteiger partial charge in [-0.15, -0.1) is 0 Å². The molecular weight excluding hydrogens is 379 g/mol. The number of nitrogens with one attached hydrogen (secondary N) is 1. The highest BCUT2D eigenvalue weighted by atomic mass is 19.1. The van der Waals surface area contributed by atoms with Gasteiger partial charge < -0.3 is 5.32 Å². The van der Waals surface area contributed by atoms with Gasteiger partial charge in [0.2, 0.25) is 5.91 Å². The topological polar surface area (TPSA) is 48.5 Å². The number of aromatic nitrogens is 1. The Labute approximate surface area is 178 Å². The second-order valence-corrected chi connectivity index (χ2v) is 8.47. The fourth-order valence-corrected chi connectivity index (χ4v) is 4.69. The summed E-state index contributed by atoms with van der Waals surface area (Å²) in [6.07, 6.45) is 5.93. The summed E-state index contributed by atoms with van der Waals surface area (Å²) in [7, 11) is 0. The number of carbonyl (C=O) groups excluding carboxylic acids is 1. The van der Waals surface area contributed by atoms with E-state index < -0.39 is 0 Å². The molecule has 30 heavy (non-hydrogen) atoms. The van der Waals surface area contributed by atoms with Crippen LogP contribution in [-0.2, 0) is 17.9 Å². The van der Waals surface area contributed by atoms with E-state index in [0.29, 0.717) is 19.1 Å². The van der Waals surface area contributed by atoms with Gasteiger partial charge in [0.15, 0.2) is 0 Å². The van der Waals surface area contributed by atoms with Crippen molar-refractivity contribution in [2.45, 2.75) is 44.8 Å². The van der Waals surface area contributed by atoms with Gasteiger partial charge in [0.1, 0.15) is 5.82 Å². The molecule has 4 rings (SSSR count). The first-order valence-corrected chi connectivity index (χ1v) is 11.1. The first-order valence-electron chi connectivity index (χ1n) is 11.1. The van der Waals surface area contributed by atoms with Gasteiger partial charge in [-0.2, -0.15) is 0 Å². The molecule has 1 N–H and O–H groups in total. The number of likely N-dealkylation sites (tertiary alicyclic amines) is 2. The molecule has 160 valence electrons. The third-order valence-corrected chi connectivity index (χ3v) is 6.42. The van der Waals surface area contributed by atoms with E-state index in [0.717, 1.165) is 63.1 Å². The van der Waals surface area contributed by atoms with Crippen LogP contribution in [0.4, 0.5) is 4.39 Å². The molecule has 3 heterocycles. The molecule has 2 aliphatic heterocycles. The van der Waals surface area contributed by atoms with Crippen molar-refractivity contribution in [1.82, 2.24) is 20.1 Å². The highest BCUT2D eigenvalue weighted by Crippen LogP contribution is 2.25. The molecule has 6 heteroatoms. The predicted molar refractivity (Wildman–Crippen MR) is 115 cm³/mol. The van der Waals surface area contributed by atoms with E-state index in [4.69, 9.17) is 0 Å². The summed E-state index contributed by atoms with van der Waals surface area (Å²) in [6.45, 7) is 5.04. The van der Waals surface area contributed by atoms with E-state index in [-0.39, 0.29) is 17.6 Å². The van der Waals surface area contributed by atoms with E-state index in [2.05, 4.69) is 20.1 Å². The van der Waals surface area contributed by atoms with Crippen LogP contribution in [0.1, 0.15) is 36.9 Å². The minimum atomic E-state index is -0.116. The normalized spacial score (nSPS) is 21.4. The van der Waals surface area contributed by atoms with Crippen molar-refractivity contribution in [3.63, 3.8) is 0 Å². The molecule has 1 aromatic carbocycles. The molecule has 2 aliphatic rings. The number of benzene rings is 1. The van der Waals surface area contributed by atoms with E-state index in [1.165, 1.54) is 6.07 Å². The number of hydrogen-bond acceptors (Lipinski definition) is 4. The average Bonchev–Trinajstić information content (AvgIpc) is 2.80. The lowest BCUT2D eigenvalue weighted by Crippen LogP contribution is -2.50. The van der Waals surface area contributed by atoms with Crippen molar-refractivity contribution in [3.05, 3.63) is 65.7 Å². The average molecular weight is 411 g/mol. The Morgan fingerprint density at radius 2 is 1.87 bits per heavy atom. The third kappa shape index (κ3) is 5.43. The Morgan fingerprint density at radius 1 is 1.07 bits per heavy atom. The fraction of sp³-hybridized carbons (Fsp3) is 0.500. The zero-order valence-corrected chi connectivity index (χ0v) is 17.5. The second-order valence-electron chi connectivity index (χ2n) is 8.47. The molecule has 0 radical (unpaired) electrons. The highest BCUT2D eigenvalue weighted by molar-refractivity contribution is 5.78. The molecule has 0 aliphatic carbocycles. The van der Waals surface area contributed by atoms with Gasteiger partial charge in [0.05, 0.1) is 18.2 Å². The molecule has 2 fully saturated rings. The highest BCUT2D eigenvalue weighted by Gasteiger charge is 2.31. The first kappa shape index (κ1) is 20.9. The van der Waals surface area contributed by atoms with E-state index >= 15 is 0 Å².